The lowest BCUT2D eigenvalue weighted by molar-refractivity contribution is -0.115. The fraction of sp³-hybridized carbons (Fsp3) is 0.278. The van der Waals surface area contributed by atoms with Crippen molar-refractivity contribution in [2.45, 2.75) is 13.3 Å². The van der Waals surface area contributed by atoms with Gasteiger partial charge >= 0.3 is 0 Å². The summed E-state index contributed by atoms with van der Waals surface area (Å²) in [6.07, 6.45) is -0.176. The van der Waals surface area contributed by atoms with E-state index in [0.717, 1.165) is 5.56 Å². The minimum absolute atomic E-state index is 0.176. The molecule has 0 heterocycles. The average Bonchev–Trinajstić information content (AvgIpc) is 2.63. The van der Waals surface area contributed by atoms with Crippen molar-refractivity contribution in [1.82, 2.24) is 0 Å². The summed E-state index contributed by atoms with van der Waals surface area (Å²) in [5.74, 6) is -0.313. The zero-order valence-corrected chi connectivity index (χ0v) is 16.4. The van der Waals surface area contributed by atoms with Gasteiger partial charge in [0.25, 0.3) is 0 Å². The van der Waals surface area contributed by atoms with E-state index in [-0.39, 0.29) is 12.2 Å². The van der Waals surface area contributed by atoms with Crippen molar-refractivity contribution in [2.24, 2.45) is 0 Å². The van der Waals surface area contributed by atoms with Crippen LogP contribution in [0.4, 0.5) is 11.4 Å². The highest BCUT2D eigenvalue weighted by molar-refractivity contribution is 7.92. The Labute approximate surface area is 158 Å². The van der Waals surface area contributed by atoms with Crippen molar-refractivity contribution < 1.29 is 17.9 Å². The highest BCUT2D eigenvalue weighted by Crippen LogP contribution is 2.31. The van der Waals surface area contributed by atoms with Crippen LogP contribution in [-0.4, -0.2) is 34.2 Å². The number of ether oxygens (including phenoxy) is 1. The topological polar surface area (TPSA) is 75.7 Å². The summed E-state index contributed by atoms with van der Waals surface area (Å²) in [6, 6.07) is 12.0. The minimum atomic E-state index is -3.61. The molecule has 0 fully saturated rings. The van der Waals surface area contributed by atoms with Gasteiger partial charge in [-0.15, -0.1) is 0 Å². The molecule has 0 saturated carbocycles. The third-order valence-electron chi connectivity index (χ3n) is 3.88. The number of nitrogens with one attached hydrogen (secondary N) is 1. The zero-order chi connectivity index (χ0) is 19.3. The van der Waals surface area contributed by atoms with Gasteiger partial charge in [-0.25, -0.2) is 8.42 Å². The molecule has 0 bridgehead atoms. The Balaban J connectivity index is 2.04. The van der Waals surface area contributed by atoms with Crippen LogP contribution in [0.1, 0.15) is 12.0 Å². The Bertz CT molecular complexity index is 886. The molecule has 0 spiro atoms. The smallest absolute Gasteiger partial charge is 0.235 e. The lowest BCUT2D eigenvalue weighted by Crippen LogP contribution is -2.30. The zero-order valence-electron chi connectivity index (χ0n) is 14.8. The molecule has 2 aromatic carbocycles. The van der Waals surface area contributed by atoms with Gasteiger partial charge in [0.15, 0.2) is 0 Å². The Morgan fingerprint density at radius 1 is 1.23 bits per heavy atom. The fourth-order valence-electron chi connectivity index (χ4n) is 2.30. The number of amides is 1. The lowest BCUT2D eigenvalue weighted by atomic mass is 10.2. The molecule has 0 aliphatic rings. The Kier molecular flexibility index (Phi) is 6.50. The second-order valence-electron chi connectivity index (χ2n) is 5.72. The molecule has 140 valence electrons. The summed E-state index contributed by atoms with van der Waals surface area (Å²) < 4.78 is 31.2. The summed E-state index contributed by atoms with van der Waals surface area (Å²) in [5, 5.41) is 3.20. The third kappa shape index (κ3) is 4.89. The molecule has 2 aromatic rings. The first-order valence-corrected chi connectivity index (χ1v) is 9.89. The first-order chi connectivity index (χ1) is 12.2. The van der Waals surface area contributed by atoms with Gasteiger partial charge in [-0.3, -0.25) is 9.10 Å². The predicted octanol–water partition coefficient (Wildman–Crippen LogP) is 3.45. The maximum atomic E-state index is 12.4. The van der Waals surface area contributed by atoms with Crippen LogP contribution < -0.4 is 14.4 Å². The molecule has 2 rings (SSSR count). The molecule has 1 N–H and O–H groups in total. The Hall–Kier alpha value is -2.25. The summed E-state index contributed by atoms with van der Waals surface area (Å²) in [5.41, 5.74) is 1.77. The van der Waals surface area contributed by atoms with Crippen molar-refractivity contribution in [1.29, 1.82) is 0 Å². The van der Waals surface area contributed by atoms with Crippen LogP contribution in [0.2, 0.25) is 5.02 Å². The molecule has 0 radical (unpaired) electrons. The number of benzene rings is 2. The summed E-state index contributed by atoms with van der Waals surface area (Å²) in [4.78, 5) is 12.2. The lowest BCUT2D eigenvalue weighted by Gasteiger charge is -2.19. The number of hydrogen-bond donors (Lipinski definition) is 1. The SMILES string of the molecule is COc1cc(Cl)c(C)cc1NC(=O)CCS(=O)(=O)N(C)c1ccccc1. The van der Waals surface area contributed by atoms with E-state index in [9.17, 15) is 13.2 Å². The van der Waals surface area contributed by atoms with Crippen LogP contribution in [0.25, 0.3) is 0 Å². The number of hydrogen-bond acceptors (Lipinski definition) is 4. The molecule has 0 saturated heterocycles. The van der Waals surface area contributed by atoms with E-state index in [0.29, 0.717) is 22.1 Å². The van der Waals surface area contributed by atoms with Gasteiger partial charge in [-0.1, -0.05) is 29.8 Å². The number of carbonyl (C=O) groups excluding carboxylic acids is 1. The van der Waals surface area contributed by atoms with Crippen molar-refractivity contribution in [3.63, 3.8) is 0 Å². The van der Waals surface area contributed by atoms with Crippen LogP contribution in [0, 0.1) is 6.92 Å². The van der Waals surface area contributed by atoms with E-state index >= 15 is 0 Å². The maximum Gasteiger partial charge on any atom is 0.235 e. The molecule has 8 heteroatoms. The van der Waals surface area contributed by atoms with E-state index in [1.54, 1.807) is 49.4 Å². The molecule has 1 amide bonds. The molecule has 0 aliphatic carbocycles. The second-order valence-corrected chi connectivity index (χ2v) is 8.25. The van der Waals surface area contributed by atoms with Crippen molar-refractivity contribution in [3.8, 4) is 5.75 Å². The summed E-state index contributed by atoms with van der Waals surface area (Å²) in [7, 11) is -0.677. The van der Waals surface area contributed by atoms with Gasteiger partial charge in [0, 0.05) is 24.6 Å². The number of halogens is 1. The largest absolute Gasteiger partial charge is 0.495 e. The number of nitrogens with zero attached hydrogens (tertiary/aromatic N) is 1. The van der Waals surface area contributed by atoms with Crippen molar-refractivity contribution >= 4 is 38.9 Å². The van der Waals surface area contributed by atoms with E-state index in [4.69, 9.17) is 16.3 Å². The van der Waals surface area contributed by atoms with E-state index in [1.165, 1.54) is 18.5 Å². The van der Waals surface area contributed by atoms with E-state index < -0.39 is 15.9 Å². The molecule has 0 aromatic heterocycles. The van der Waals surface area contributed by atoms with Gasteiger partial charge in [0.2, 0.25) is 15.9 Å². The number of methoxy groups -OCH3 is 1. The molecule has 26 heavy (non-hydrogen) atoms. The van der Waals surface area contributed by atoms with Crippen LogP contribution in [0.3, 0.4) is 0 Å². The number of rotatable bonds is 7. The monoisotopic (exact) mass is 396 g/mol. The first kappa shape index (κ1) is 20.1. The van der Waals surface area contributed by atoms with Crippen LogP contribution in [0.15, 0.2) is 42.5 Å². The first-order valence-electron chi connectivity index (χ1n) is 7.90. The second kappa shape index (κ2) is 8.42. The molecule has 0 aliphatic heterocycles. The molecular weight excluding hydrogens is 376 g/mol. The van der Waals surface area contributed by atoms with E-state index in [2.05, 4.69) is 5.32 Å². The van der Waals surface area contributed by atoms with Crippen LogP contribution in [0.5, 0.6) is 5.75 Å². The quantitative estimate of drug-likeness (QED) is 0.777. The number of para-hydroxylation sites is 1. The normalized spacial score (nSPS) is 11.1. The standard InChI is InChI=1S/C18H21ClN2O4S/c1-13-11-16(17(25-3)12-15(13)19)20-18(22)9-10-26(23,24)21(2)14-7-5-4-6-8-14/h4-8,11-12H,9-10H2,1-3H3,(H,20,22). The van der Waals surface area contributed by atoms with Gasteiger partial charge in [-0.05, 0) is 30.7 Å². The number of anilines is 2. The third-order valence-corrected chi connectivity index (χ3v) is 6.05. The average molecular weight is 397 g/mol. The van der Waals surface area contributed by atoms with Crippen molar-refractivity contribution in [2.75, 3.05) is 29.5 Å². The predicted molar refractivity (Wildman–Crippen MR) is 105 cm³/mol. The fourth-order valence-corrected chi connectivity index (χ4v) is 3.61. The Morgan fingerprint density at radius 3 is 2.50 bits per heavy atom. The molecule has 0 atom stereocenters. The number of aryl methyl sites for hydroxylation is 1. The van der Waals surface area contributed by atoms with Gasteiger partial charge in [0.1, 0.15) is 5.75 Å². The molecular formula is C18H21ClN2O4S. The van der Waals surface area contributed by atoms with Crippen LogP contribution >= 0.6 is 11.6 Å². The van der Waals surface area contributed by atoms with E-state index in [1.807, 2.05) is 0 Å². The number of sulfonamides is 1. The van der Waals surface area contributed by atoms with Gasteiger partial charge in [0.05, 0.1) is 24.2 Å². The molecule has 6 nitrogen and oxygen atoms in total. The number of carbonyl (C=O) groups is 1. The summed E-state index contributed by atoms with van der Waals surface area (Å²) >= 11 is 6.04. The van der Waals surface area contributed by atoms with Crippen LogP contribution in [-0.2, 0) is 14.8 Å². The van der Waals surface area contributed by atoms with Crippen molar-refractivity contribution in [3.05, 3.63) is 53.1 Å². The van der Waals surface area contributed by atoms with Gasteiger partial charge < -0.3 is 10.1 Å². The maximum absolute atomic E-state index is 12.4. The highest BCUT2D eigenvalue weighted by atomic mass is 35.5. The molecule has 0 unspecified atom stereocenters. The minimum Gasteiger partial charge on any atom is -0.495 e. The Morgan fingerprint density at radius 2 is 1.88 bits per heavy atom. The summed E-state index contributed by atoms with van der Waals surface area (Å²) in [6.45, 7) is 1.80. The highest BCUT2D eigenvalue weighted by Gasteiger charge is 2.20. The van der Waals surface area contributed by atoms with Gasteiger partial charge in [-0.2, -0.15) is 0 Å².